The Bertz CT molecular complexity index is 1330. The van der Waals surface area contributed by atoms with Crippen molar-refractivity contribution >= 4 is 38.6 Å². The van der Waals surface area contributed by atoms with E-state index in [1.165, 1.54) is 0 Å². The van der Waals surface area contributed by atoms with Crippen LogP contribution in [-0.4, -0.2) is 30.1 Å². The fourth-order valence-electron chi connectivity index (χ4n) is 3.73. The first-order valence-corrected chi connectivity index (χ1v) is 12.4. The second-order valence-electron chi connectivity index (χ2n) is 7.91. The number of hydrogen-bond acceptors (Lipinski definition) is 11. The van der Waals surface area contributed by atoms with Gasteiger partial charge >= 0.3 is 0 Å². The predicted octanol–water partition coefficient (Wildman–Crippen LogP) is 2.44. The highest BCUT2D eigenvalue weighted by Gasteiger charge is 2.32. The van der Waals surface area contributed by atoms with Crippen molar-refractivity contribution in [2.24, 2.45) is 17.3 Å². The number of rotatable bonds is 9. The molecule has 0 atom stereocenters. The second-order valence-corrected chi connectivity index (χ2v) is 10.0. The van der Waals surface area contributed by atoms with Crippen LogP contribution in [0.25, 0.3) is 10.2 Å². The number of nitrogens with two attached hydrogens (primary N) is 3. The van der Waals surface area contributed by atoms with Gasteiger partial charge in [0.05, 0.1) is 33.9 Å². The zero-order valence-corrected chi connectivity index (χ0v) is 19.9. The molecule has 5 aromatic rings. The maximum absolute atomic E-state index is 6.61. The summed E-state index contributed by atoms with van der Waals surface area (Å²) in [6.07, 6.45) is 6.66. The number of anilines is 1. The van der Waals surface area contributed by atoms with E-state index in [0.717, 1.165) is 25.9 Å². The van der Waals surface area contributed by atoms with Gasteiger partial charge in [0.2, 0.25) is 0 Å². The standard InChI is InChI=1S/C22H24N10S2/c23-22(24,7-6-18-28-10-11-33-18)21-20(15(30-31-21)12-17-26-8-3-9-27-17)32(25)13-19-29-14-4-1-2-5-16(14)34-19/h1-5,8-11H,6-7,12-13,23-25H2,(H,30,31). The quantitative estimate of drug-likeness (QED) is 0.137. The number of aromatic nitrogens is 6. The van der Waals surface area contributed by atoms with Gasteiger partial charge in [-0.05, 0) is 24.6 Å². The zero-order chi connectivity index (χ0) is 23.5. The van der Waals surface area contributed by atoms with Crippen LogP contribution in [0, 0.1) is 0 Å². The van der Waals surface area contributed by atoms with E-state index in [9.17, 15) is 0 Å². The maximum atomic E-state index is 6.61. The van der Waals surface area contributed by atoms with E-state index < -0.39 is 5.66 Å². The van der Waals surface area contributed by atoms with Gasteiger partial charge < -0.3 is 16.5 Å². The topological polar surface area (TPSA) is 162 Å². The molecular formula is C22H24N10S2. The molecule has 0 unspecified atom stereocenters. The van der Waals surface area contributed by atoms with Crippen LogP contribution in [0.5, 0.6) is 0 Å². The highest BCUT2D eigenvalue weighted by Crippen LogP contribution is 2.32. The van der Waals surface area contributed by atoms with Crippen LogP contribution in [0.3, 0.4) is 0 Å². The fourth-order valence-corrected chi connectivity index (χ4v) is 5.32. The highest BCUT2D eigenvalue weighted by molar-refractivity contribution is 7.18. The Kier molecular flexibility index (Phi) is 6.30. The molecule has 0 aliphatic heterocycles. The molecule has 4 aromatic heterocycles. The molecule has 0 fully saturated rings. The molecule has 0 aliphatic rings. The Morgan fingerprint density at radius 1 is 1.00 bits per heavy atom. The minimum Gasteiger partial charge on any atom is -0.308 e. The lowest BCUT2D eigenvalue weighted by Gasteiger charge is -2.27. The number of thiazole rings is 2. The molecule has 1 aromatic carbocycles. The molecule has 10 nitrogen and oxygen atoms in total. The molecule has 0 radical (unpaired) electrons. The Labute approximate surface area is 203 Å². The van der Waals surface area contributed by atoms with Crippen molar-refractivity contribution in [2.45, 2.75) is 31.5 Å². The zero-order valence-electron chi connectivity index (χ0n) is 18.3. The molecule has 0 spiro atoms. The summed E-state index contributed by atoms with van der Waals surface area (Å²) < 4.78 is 1.10. The minimum absolute atomic E-state index is 0.372. The highest BCUT2D eigenvalue weighted by atomic mass is 32.1. The van der Waals surface area contributed by atoms with Gasteiger partial charge in [0.15, 0.2) is 0 Å². The molecule has 0 saturated carbocycles. The lowest BCUT2D eigenvalue weighted by molar-refractivity contribution is 0.412. The van der Waals surface area contributed by atoms with Gasteiger partial charge in [0, 0.05) is 30.4 Å². The molecule has 4 heterocycles. The average Bonchev–Trinajstić information content (AvgIpc) is 3.58. The lowest BCUT2D eigenvalue weighted by atomic mass is 9.99. The molecular weight excluding hydrogens is 468 g/mol. The molecule has 0 amide bonds. The van der Waals surface area contributed by atoms with Crippen LogP contribution in [0.15, 0.2) is 54.3 Å². The molecule has 34 heavy (non-hydrogen) atoms. The van der Waals surface area contributed by atoms with E-state index in [-0.39, 0.29) is 0 Å². The van der Waals surface area contributed by atoms with E-state index >= 15 is 0 Å². The van der Waals surface area contributed by atoms with Gasteiger partial charge in [-0.3, -0.25) is 5.10 Å². The lowest BCUT2D eigenvalue weighted by Crippen LogP contribution is -2.48. The summed E-state index contributed by atoms with van der Waals surface area (Å²) in [5, 5.41) is 13.0. The van der Waals surface area contributed by atoms with Crippen molar-refractivity contribution in [1.29, 1.82) is 0 Å². The molecule has 12 heteroatoms. The largest absolute Gasteiger partial charge is 0.308 e. The molecule has 5 rings (SSSR count). The summed E-state index contributed by atoms with van der Waals surface area (Å²) in [6, 6.07) is 9.77. The summed E-state index contributed by atoms with van der Waals surface area (Å²) in [4.78, 5) is 17.7. The van der Waals surface area contributed by atoms with Crippen molar-refractivity contribution in [2.75, 3.05) is 5.01 Å². The van der Waals surface area contributed by atoms with Crippen LogP contribution in [0.4, 0.5) is 5.69 Å². The number of fused-ring (bicyclic) bond motifs is 1. The van der Waals surface area contributed by atoms with E-state index in [4.69, 9.17) is 22.3 Å². The number of benzene rings is 1. The van der Waals surface area contributed by atoms with Crippen molar-refractivity contribution in [1.82, 2.24) is 30.1 Å². The van der Waals surface area contributed by atoms with Crippen molar-refractivity contribution < 1.29 is 0 Å². The van der Waals surface area contributed by atoms with Gasteiger partial charge in [-0.15, -0.1) is 22.7 Å². The number of aryl methyl sites for hydroxylation is 1. The monoisotopic (exact) mass is 492 g/mol. The number of para-hydroxylation sites is 1. The number of H-pyrrole nitrogens is 1. The Morgan fingerprint density at radius 3 is 2.59 bits per heavy atom. The van der Waals surface area contributed by atoms with Gasteiger partial charge in [0.1, 0.15) is 27.9 Å². The number of nitrogens with one attached hydrogen (secondary N) is 1. The van der Waals surface area contributed by atoms with Crippen molar-refractivity contribution in [3.8, 4) is 0 Å². The summed E-state index contributed by atoms with van der Waals surface area (Å²) in [7, 11) is 0. The summed E-state index contributed by atoms with van der Waals surface area (Å²) >= 11 is 3.17. The first-order chi connectivity index (χ1) is 16.5. The Balaban J connectivity index is 1.46. The van der Waals surface area contributed by atoms with Crippen molar-refractivity contribution in [3.63, 3.8) is 0 Å². The fraction of sp³-hybridized carbons (Fsp3) is 0.227. The van der Waals surface area contributed by atoms with Gasteiger partial charge in [-0.25, -0.2) is 25.8 Å². The van der Waals surface area contributed by atoms with E-state index in [2.05, 4.69) is 25.1 Å². The normalized spacial score (nSPS) is 11.9. The van der Waals surface area contributed by atoms with Crippen molar-refractivity contribution in [3.05, 3.63) is 81.5 Å². The Morgan fingerprint density at radius 2 is 1.82 bits per heavy atom. The number of nitrogens with zero attached hydrogens (tertiary/aromatic N) is 6. The third kappa shape index (κ3) is 4.81. The first kappa shape index (κ1) is 22.5. The summed E-state index contributed by atoms with van der Waals surface area (Å²) in [5.74, 6) is 7.25. The molecule has 0 aliphatic carbocycles. The summed E-state index contributed by atoms with van der Waals surface area (Å²) in [6.45, 7) is 0.372. The van der Waals surface area contributed by atoms with E-state index in [1.807, 2.05) is 29.6 Å². The minimum atomic E-state index is -1.22. The van der Waals surface area contributed by atoms with Gasteiger partial charge in [-0.2, -0.15) is 5.10 Å². The second kappa shape index (κ2) is 9.52. The third-order valence-electron chi connectivity index (χ3n) is 5.37. The maximum Gasteiger partial charge on any atom is 0.134 e. The van der Waals surface area contributed by atoms with Crippen LogP contribution in [-0.2, 0) is 25.0 Å². The van der Waals surface area contributed by atoms with Gasteiger partial charge in [-0.1, -0.05) is 12.1 Å². The average molecular weight is 493 g/mol. The molecule has 0 saturated heterocycles. The predicted molar refractivity (Wildman–Crippen MR) is 134 cm³/mol. The summed E-state index contributed by atoms with van der Waals surface area (Å²) in [5.41, 5.74) is 14.8. The number of hydrogen-bond donors (Lipinski definition) is 4. The Hall–Kier alpha value is -3.29. The van der Waals surface area contributed by atoms with Gasteiger partial charge in [0.25, 0.3) is 0 Å². The van der Waals surface area contributed by atoms with Crippen LogP contribution in [0.2, 0.25) is 0 Å². The number of aromatic amines is 1. The van der Waals surface area contributed by atoms with Crippen LogP contribution < -0.4 is 22.3 Å². The third-order valence-corrected chi connectivity index (χ3v) is 7.24. The molecule has 174 valence electrons. The molecule has 0 bridgehead atoms. The number of hydrazine groups is 1. The molecule has 7 N–H and O–H groups in total. The smallest absolute Gasteiger partial charge is 0.134 e. The van der Waals surface area contributed by atoms with Crippen LogP contribution in [0.1, 0.15) is 33.6 Å². The SMILES string of the molecule is NN(Cc1nc2ccccc2s1)c1c(C(N)(N)CCc2nccs2)n[nH]c1Cc1ncccn1. The van der Waals surface area contributed by atoms with E-state index in [0.29, 0.717) is 43.0 Å². The van der Waals surface area contributed by atoms with E-state index in [1.54, 1.807) is 52.3 Å². The first-order valence-electron chi connectivity index (χ1n) is 10.7. The van der Waals surface area contributed by atoms with Crippen LogP contribution >= 0.6 is 22.7 Å².